The van der Waals surface area contributed by atoms with Crippen molar-refractivity contribution in [1.82, 2.24) is 0 Å². The summed E-state index contributed by atoms with van der Waals surface area (Å²) in [5, 5.41) is 18.6. The van der Waals surface area contributed by atoms with Crippen molar-refractivity contribution in [2.24, 2.45) is 4.99 Å². The van der Waals surface area contributed by atoms with Crippen LogP contribution in [0.25, 0.3) is 0 Å². The molecular formula is C14H11NO3. The lowest BCUT2D eigenvalue weighted by Gasteiger charge is -2.02. The van der Waals surface area contributed by atoms with E-state index in [2.05, 4.69) is 4.99 Å². The van der Waals surface area contributed by atoms with Crippen LogP contribution < -0.4 is 0 Å². The molecule has 0 unspecified atom stereocenters. The van der Waals surface area contributed by atoms with Gasteiger partial charge in [0.2, 0.25) is 0 Å². The highest BCUT2D eigenvalue weighted by molar-refractivity contribution is 5.96. The van der Waals surface area contributed by atoms with Gasteiger partial charge < -0.3 is 10.2 Å². The molecule has 4 heteroatoms. The van der Waals surface area contributed by atoms with Crippen molar-refractivity contribution in [1.29, 1.82) is 0 Å². The van der Waals surface area contributed by atoms with Gasteiger partial charge in [-0.05, 0) is 24.3 Å². The van der Waals surface area contributed by atoms with E-state index < -0.39 is 5.97 Å². The second-order valence-electron chi connectivity index (χ2n) is 3.64. The number of benzene rings is 2. The summed E-state index contributed by atoms with van der Waals surface area (Å²) in [5.41, 5.74) is 0.975. The van der Waals surface area contributed by atoms with Crippen molar-refractivity contribution in [3.05, 3.63) is 59.7 Å². The first-order valence-electron chi connectivity index (χ1n) is 5.33. The van der Waals surface area contributed by atoms with Crippen LogP contribution in [0.15, 0.2) is 53.5 Å². The number of hydrogen-bond donors (Lipinski definition) is 2. The number of aromatic carboxylic acids is 1. The predicted molar refractivity (Wildman–Crippen MR) is 68.8 cm³/mol. The lowest BCUT2D eigenvalue weighted by atomic mass is 10.1. The number of phenols is 1. The molecule has 0 fully saturated rings. The van der Waals surface area contributed by atoms with E-state index in [0.29, 0.717) is 5.56 Å². The maximum absolute atomic E-state index is 10.8. The summed E-state index contributed by atoms with van der Waals surface area (Å²) in [6.07, 6.45) is 1.44. The molecular weight excluding hydrogens is 230 g/mol. The van der Waals surface area contributed by atoms with E-state index in [9.17, 15) is 9.90 Å². The van der Waals surface area contributed by atoms with Crippen molar-refractivity contribution in [2.75, 3.05) is 0 Å². The van der Waals surface area contributed by atoms with Crippen LogP contribution in [0.5, 0.6) is 5.75 Å². The van der Waals surface area contributed by atoms with Crippen molar-refractivity contribution in [2.45, 2.75) is 0 Å². The molecule has 0 aromatic heterocycles. The molecule has 0 radical (unpaired) electrons. The molecule has 4 nitrogen and oxygen atoms in total. The molecule has 0 aliphatic heterocycles. The zero-order chi connectivity index (χ0) is 13.0. The van der Waals surface area contributed by atoms with Gasteiger partial charge in [0.25, 0.3) is 0 Å². The van der Waals surface area contributed by atoms with E-state index in [1.54, 1.807) is 12.1 Å². The smallest absolute Gasteiger partial charge is 0.339 e. The van der Waals surface area contributed by atoms with Crippen LogP contribution in [0.4, 0.5) is 5.69 Å². The topological polar surface area (TPSA) is 69.9 Å². The zero-order valence-corrected chi connectivity index (χ0v) is 9.45. The van der Waals surface area contributed by atoms with Gasteiger partial charge in [0.1, 0.15) is 11.3 Å². The summed E-state index contributed by atoms with van der Waals surface area (Å²) >= 11 is 0. The summed E-state index contributed by atoms with van der Waals surface area (Å²) < 4.78 is 0. The van der Waals surface area contributed by atoms with E-state index in [0.717, 1.165) is 5.69 Å². The number of nitrogens with zero attached hydrogens (tertiary/aromatic N) is 1. The summed E-state index contributed by atoms with van der Waals surface area (Å²) in [6.45, 7) is 0. The monoisotopic (exact) mass is 241 g/mol. The maximum atomic E-state index is 10.8. The largest absolute Gasteiger partial charge is 0.506 e. The van der Waals surface area contributed by atoms with Gasteiger partial charge >= 0.3 is 5.97 Å². The minimum atomic E-state index is -1.16. The number of para-hydroxylation sites is 2. The molecule has 0 amide bonds. The average Bonchev–Trinajstić information content (AvgIpc) is 2.38. The van der Waals surface area contributed by atoms with Crippen LogP contribution in [-0.2, 0) is 0 Å². The zero-order valence-electron chi connectivity index (χ0n) is 9.45. The third-order valence-corrected chi connectivity index (χ3v) is 2.41. The molecule has 0 aliphatic rings. The normalized spacial score (nSPS) is 10.7. The Bertz CT molecular complexity index is 591. The molecule has 90 valence electrons. The number of hydrogen-bond acceptors (Lipinski definition) is 3. The van der Waals surface area contributed by atoms with E-state index in [-0.39, 0.29) is 11.3 Å². The molecule has 2 aromatic carbocycles. The SMILES string of the molecule is O=C(O)c1cccc(C=Nc2ccccc2)c1O. The Kier molecular flexibility index (Phi) is 3.38. The third kappa shape index (κ3) is 2.55. The molecule has 2 rings (SSSR count). The number of carboxylic acid groups (broad SMARTS) is 1. The minimum Gasteiger partial charge on any atom is -0.506 e. The molecule has 0 heterocycles. The summed E-state index contributed by atoms with van der Waals surface area (Å²) in [6, 6.07) is 13.7. The molecule has 2 N–H and O–H groups in total. The number of rotatable bonds is 3. The van der Waals surface area contributed by atoms with Gasteiger partial charge in [-0.25, -0.2) is 4.79 Å². The average molecular weight is 241 g/mol. The molecule has 0 atom stereocenters. The molecule has 0 saturated carbocycles. The maximum Gasteiger partial charge on any atom is 0.339 e. The molecule has 0 spiro atoms. The first kappa shape index (κ1) is 11.9. The highest BCUT2D eigenvalue weighted by Gasteiger charge is 2.11. The molecule has 0 bridgehead atoms. The first-order valence-corrected chi connectivity index (χ1v) is 5.33. The number of carboxylic acids is 1. The minimum absolute atomic E-state index is 0.132. The van der Waals surface area contributed by atoms with Gasteiger partial charge in [-0.2, -0.15) is 0 Å². The Morgan fingerprint density at radius 3 is 2.44 bits per heavy atom. The fourth-order valence-corrected chi connectivity index (χ4v) is 1.50. The molecule has 0 aliphatic carbocycles. The Balaban J connectivity index is 2.33. The third-order valence-electron chi connectivity index (χ3n) is 2.41. The number of aromatic hydroxyl groups is 1. The highest BCUT2D eigenvalue weighted by Crippen LogP contribution is 2.21. The van der Waals surface area contributed by atoms with Gasteiger partial charge in [0.05, 0.1) is 5.69 Å². The van der Waals surface area contributed by atoms with Gasteiger partial charge in [-0.1, -0.05) is 24.3 Å². The van der Waals surface area contributed by atoms with Gasteiger partial charge in [0.15, 0.2) is 0 Å². The predicted octanol–water partition coefficient (Wildman–Crippen LogP) is 2.84. The molecule has 2 aromatic rings. The van der Waals surface area contributed by atoms with E-state index in [1.165, 1.54) is 12.3 Å². The van der Waals surface area contributed by atoms with Crippen molar-refractivity contribution < 1.29 is 15.0 Å². The standard InChI is InChI=1S/C14H11NO3/c16-13-10(5-4-8-12(13)14(17)18)9-15-11-6-2-1-3-7-11/h1-9,16H,(H,17,18). The Labute approximate surface area is 104 Å². The van der Waals surface area contributed by atoms with Gasteiger partial charge in [0, 0.05) is 11.8 Å². The Morgan fingerprint density at radius 2 is 1.78 bits per heavy atom. The fourth-order valence-electron chi connectivity index (χ4n) is 1.50. The van der Waals surface area contributed by atoms with Crippen molar-refractivity contribution >= 4 is 17.9 Å². The van der Waals surface area contributed by atoms with Crippen LogP contribution >= 0.6 is 0 Å². The van der Waals surface area contributed by atoms with Crippen LogP contribution in [0.3, 0.4) is 0 Å². The van der Waals surface area contributed by atoms with Crippen LogP contribution in [0.1, 0.15) is 15.9 Å². The number of aliphatic imine (C=N–C) groups is 1. The van der Waals surface area contributed by atoms with Gasteiger partial charge in [-0.3, -0.25) is 4.99 Å². The second-order valence-corrected chi connectivity index (χ2v) is 3.64. The van der Waals surface area contributed by atoms with E-state index in [4.69, 9.17) is 5.11 Å². The van der Waals surface area contributed by atoms with Crippen molar-refractivity contribution in [3.63, 3.8) is 0 Å². The first-order chi connectivity index (χ1) is 8.68. The van der Waals surface area contributed by atoms with Crippen LogP contribution in [0.2, 0.25) is 0 Å². The lowest BCUT2D eigenvalue weighted by Crippen LogP contribution is -1.98. The number of carbonyl (C=O) groups is 1. The Hall–Kier alpha value is -2.62. The quantitative estimate of drug-likeness (QED) is 0.812. The molecule has 18 heavy (non-hydrogen) atoms. The summed E-state index contributed by atoms with van der Waals surface area (Å²) in [7, 11) is 0. The highest BCUT2D eigenvalue weighted by atomic mass is 16.4. The molecule has 0 saturated heterocycles. The van der Waals surface area contributed by atoms with Crippen LogP contribution in [0, 0.1) is 0 Å². The summed E-state index contributed by atoms with van der Waals surface area (Å²) in [4.78, 5) is 15.0. The lowest BCUT2D eigenvalue weighted by molar-refractivity contribution is 0.0693. The van der Waals surface area contributed by atoms with Gasteiger partial charge in [-0.15, -0.1) is 0 Å². The summed E-state index contributed by atoms with van der Waals surface area (Å²) in [5.74, 6) is -1.44. The van der Waals surface area contributed by atoms with E-state index >= 15 is 0 Å². The second kappa shape index (κ2) is 5.14. The van der Waals surface area contributed by atoms with E-state index in [1.807, 2.05) is 30.3 Å². The van der Waals surface area contributed by atoms with Crippen molar-refractivity contribution in [3.8, 4) is 5.75 Å². The van der Waals surface area contributed by atoms with Crippen LogP contribution in [-0.4, -0.2) is 22.4 Å². The fraction of sp³-hybridized carbons (Fsp3) is 0. The Morgan fingerprint density at radius 1 is 1.06 bits per heavy atom.